The number of ether oxygens (including phenoxy) is 2. The van der Waals surface area contributed by atoms with Gasteiger partial charge in [0, 0.05) is 17.7 Å². The van der Waals surface area contributed by atoms with E-state index in [4.69, 9.17) is 21.7 Å². The molecule has 1 amide bonds. The van der Waals surface area contributed by atoms with Crippen LogP contribution in [0.1, 0.15) is 10.4 Å². The minimum atomic E-state index is -0.745. The van der Waals surface area contributed by atoms with E-state index in [2.05, 4.69) is 10.6 Å². The molecule has 0 unspecified atom stereocenters. The normalized spacial score (nSPS) is 10.2. The standard InChI is InChI=1S/C22H18FN3O5S/c23-19-11-8-16(26(28)29)14-20(19)24-22(32)25-21(27)15-6-9-18(10-7-15)31-13-12-30-17-4-2-1-3-5-17/h1-11,14H,12-13H2,(H2,24,25,27,32). The Morgan fingerprint density at radius 1 is 0.969 bits per heavy atom. The zero-order valence-corrected chi connectivity index (χ0v) is 17.4. The Bertz CT molecular complexity index is 1110. The molecule has 32 heavy (non-hydrogen) atoms. The number of carbonyl (C=O) groups excluding carboxylic acids is 1. The molecule has 3 aromatic rings. The number of nitrogens with one attached hydrogen (secondary N) is 2. The largest absolute Gasteiger partial charge is 0.490 e. The van der Waals surface area contributed by atoms with Crippen LogP contribution in [0.2, 0.25) is 0 Å². The van der Waals surface area contributed by atoms with Gasteiger partial charge in [-0.25, -0.2) is 4.39 Å². The summed E-state index contributed by atoms with van der Waals surface area (Å²) in [6, 6.07) is 18.6. The Kier molecular flexibility index (Phi) is 7.65. The summed E-state index contributed by atoms with van der Waals surface area (Å²) >= 11 is 5.00. The van der Waals surface area contributed by atoms with E-state index in [9.17, 15) is 19.3 Å². The van der Waals surface area contributed by atoms with Crippen LogP contribution >= 0.6 is 12.2 Å². The van der Waals surface area contributed by atoms with Crippen molar-refractivity contribution in [1.82, 2.24) is 5.32 Å². The highest BCUT2D eigenvalue weighted by Crippen LogP contribution is 2.21. The lowest BCUT2D eigenvalue weighted by Crippen LogP contribution is -2.34. The van der Waals surface area contributed by atoms with Crippen molar-refractivity contribution >= 4 is 34.6 Å². The van der Waals surface area contributed by atoms with Crippen LogP contribution in [0.5, 0.6) is 11.5 Å². The van der Waals surface area contributed by atoms with Crippen molar-refractivity contribution in [2.45, 2.75) is 0 Å². The van der Waals surface area contributed by atoms with E-state index in [1.165, 1.54) is 0 Å². The lowest BCUT2D eigenvalue weighted by molar-refractivity contribution is -0.384. The number of amides is 1. The molecule has 0 spiro atoms. The summed E-state index contributed by atoms with van der Waals surface area (Å²) < 4.78 is 25.0. The fourth-order valence-corrected chi connectivity index (χ4v) is 2.79. The molecule has 2 N–H and O–H groups in total. The smallest absolute Gasteiger partial charge is 0.271 e. The van der Waals surface area contributed by atoms with Gasteiger partial charge in [0.05, 0.1) is 10.6 Å². The Morgan fingerprint density at radius 2 is 1.59 bits per heavy atom. The number of hydrogen-bond donors (Lipinski definition) is 2. The molecule has 3 aromatic carbocycles. The number of non-ortho nitro benzene ring substituents is 1. The van der Waals surface area contributed by atoms with Crippen LogP contribution in [0.4, 0.5) is 15.8 Å². The maximum atomic E-state index is 13.8. The number of benzene rings is 3. The number of nitrogens with zero attached hydrogens (tertiary/aromatic N) is 1. The number of halogens is 1. The number of nitro benzene ring substituents is 1. The third-order valence-corrected chi connectivity index (χ3v) is 4.32. The maximum Gasteiger partial charge on any atom is 0.271 e. The van der Waals surface area contributed by atoms with Gasteiger partial charge in [0.25, 0.3) is 11.6 Å². The summed E-state index contributed by atoms with van der Waals surface area (Å²) in [5, 5.41) is 15.5. The summed E-state index contributed by atoms with van der Waals surface area (Å²) in [7, 11) is 0. The predicted molar refractivity (Wildman–Crippen MR) is 121 cm³/mol. The number of carbonyl (C=O) groups is 1. The van der Waals surface area contributed by atoms with Crippen molar-refractivity contribution in [2.24, 2.45) is 0 Å². The molecular weight excluding hydrogens is 437 g/mol. The van der Waals surface area contributed by atoms with Gasteiger partial charge in [-0.05, 0) is 54.7 Å². The van der Waals surface area contributed by atoms with Crippen molar-refractivity contribution in [1.29, 1.82) is 0 Å². The molecule has 0 radical (unpaired) electrons. The van der Waals surface area contributed by atoms with E-state index in [0.717, 1.165) is 23.9 Å². The first-order valence-electron chi connectivity index (χ1n) is 9.39. The van der Waals surface area contributed by atoms with Gasteiger partial charge in [-0.2, -0.15) is 0 Å². The molecule has 0 aliphatic carbocycles. The molecule has 0 heterocycles. The number of thiocarbonyl (C=S) groups is 1. The van der Waals surface area contributed by atoms with Crippen LogP contribution in [0.15, 0.2) is 72.8 Å². The van der Waals surface area contributed by atoms with Gasteiger partial charge in [-0.3, -0.25) is 20.2 Å². The van der Waals surface area contributed by atoms with Crippen molar-refractivity contribution in [3.05, 3.63) is 94.3 Å². The van der Waals surface area contributed by atoms with Crippen molar-refractivity contribution in [3.8, 4) is 11.5 Å². The molecule has 0 aliphatic rings. The Labute approximate surface area is 188 Å². The summed E-state index contributed by atoms with van der Waals surface area (Å²) in [5.74, 6) is 0.0208. The number of hydrogen-bond acceptors (Lipinski definition) is 6. The highest BCUT2D eigenvalue weighted by molar-refractivity contribution is 7.80. The van der Waals surface area contributed by atoms with Crippen LogP contribution in [0.25, 0.3) is 0 Å². The molecule has 8 nitrogen and oxygen atoms in total. The third-order valence-electron chi connectivity index (χ3n) is 4.12. The van der Waals surface area contributed by atoms with E-state index in [-0.39, 0.29) is 16.5 Å². The fraction of sp³-hybridized carbons (Fsp3) is 0.0909. The summed E-state index contributed by atoms with van der Waals surface area (Å²) in [4.78, 5) is 22.5. The molecular formula is C22H18FN3O5S. The average molecular weight is 455 g/mol. The summed E-state index contributed by atoms with van der Waals surface area (Å²) in [5.41, 5.74) is -0.236. The maximum absolute atomic E-state index is 13.8. The average Bonchev–Trinajstić information content (AvgIpc) is 2.79. The van der Waals surface area contributed by atoms with E-state index in [1.54, 1.807) is 24.3 Å². The molecule has 164 valence electrons. The van der Waals surface area contributed by atoms with Crippen molar-refractivity contribution < 1.29 is 23.6 Å². The van der Waals surface area contributed by atoms with Crippen molar-refractivity contribution in [3.63, 3.8) is 0 Å². The zero-order valence-electron chi connectivity index (χ0n) is 16.6. The van der Waals surface area contributed by atoms with Gasteiger partial charge >= 0.3 is 0 Å². The van der Waals surface area contributed by atoms with Gasteiger partial charge in [0.1, 0.15) is 30.5 Å². The van der Waals surface area contributed by atoms with Gasteiger partial charge in [0.15, 0.2) is 5.11 Å². The zero-order chi connectivity index (χ0) is 22.9. The van der Waals surface area contributed by atoms with Gasteiger partial charge in [-0.1, -0.05) is 18.2 Å². The third kappa shape index (κ3) is 6.47. The van der Waals surface area contributed by atoms with Crippen LogP contribution in [-0.2, 0) is 0 Å². The van der Waals surface area contributed by atoms with Crippen LogP contribution < -0.4 is 20.1 Å². The Balaban J connectivity index is 1.48. The first kappa shape index (κ1) is 22.6. The van der Waals surface area contributed by atoms with E-state index >= 15 is 0 Å². The molecule has 3 rings (SSSR count). The van der Waals surface area contributed by atoms with Crippen LogP contribution in [-0.4, -0.2) is 29.2 Å². The first-order valence-corrected chi connectivity index (χ1v) is 9.80. The van der Waals surface area contributed by atoms with Gasteiger partial charge < -0.3 is 14.8 Å². The lowest BCUT2D eigenvalue weighted by Gasteiger charge is -2.11. The first-order chi connectivity index (χ1) is 15.4. The minimum absolute atomic E-state index is 0.201. The second-order valence-corrected chi connectivity index (χ2v) is 6.77. The number of nitro groups is 1. The molecule has 0 saturated carbocycles. The molecule has 0 aliphatic heterocycles. The van der Waals surface area contributed by atoms with Gasteiger partial charge in [0.2, 0.25) is 0 Å². The predicted octanol–water partition coefficient (Wildman–Crippen LogP) is 4.32. The molecule has 10 heteroatoms. The van der Waals surface area contributed by atoms with Gasteiger partial charge in [-0.15, -0.1) is 0 Å². The van der Waals surface area contributed by atoms with E-state index in [1.807, 2.05) is 30.3 Å². The second kappa shape index (κ2) is 10.8. The number of rotatable bonds is 8. The number of anilines is 1. The summed E-state index contributed by atoms with van der Waals surface area (Å²) in [6.07, 6.45) is 0. The molecule has 0 fully saturated rings. The quantitative estimate of drug-likeness (QED) is 0.226. The highest BCUT2D eigenvalue weighted by Gasteiger charge is 2.14. The molecule has 0 atom stereocenters. The van der Waals surface area contributed by atoms with Crippen molar-refractivity contribution in [2.75, 3.05) is 18.5 Å². The summed E-state index contributed by atoms with van der Waals surface area (Å²) in [6.45, 7) is 0.684. The number of para-hydroxylation sites is 1. The van der Waals surface area contributed by atoms with E-state index < -0.39 is 16.6 Å². The Hall–Kier alpha value is -4.05. The lowest BCUT2D eigenvalue weighted by atomic mass is 10.2. The van der Waals surface area contributed by atoms with Crippen LogP contribution in [0.3, 0.4) is 0 Å². The molecule has 0 saturated heterocycles. The fourth-order valence-electron chi connectivity index (χ4n) is 2.59. The minimum Gasteiger partial charge on any atom is -0.490 e. The second-order valence-electron chi connectivity index (χ2n) is 6.36. The van der Waals surface area contributed by atoms with Crippen LogP contribution in [0, 0.1) is 15.9 Å². The molecule has 0 aromatic heterocycles. The molecule has 0 bridgehead atoms. The Morgan fingerprint density at radius 3 is 2.22 bits per heavy atom. The SMILES string of the molecule is O=C(NC(=S)Nc1cc([N+](=O)[O-])ccc1F)c1ccc(OCCOc2ccccc2)cc1. The van der Waals surface area contributed by atoms with E-state index in [0.29, 0.717) is 24.5 Å². The highest BCUT2D eigenvalue weighted by atomic mass is 32.1. The monoisotopic (exact) mass is 455 g/mol. The topological polar surface area (TPSA) is 103 Å².